The van der Waals surface area contributed by atoms with Gasteiger partial charge in [-0.1, -0.05) is 0 Å². The van der Waals surface area contributed by atoms with Crippen LogP contribution in [0.2, 0.25) is 0 Å². The van der Waals surface area contributed by atoms with Gasteiger partial charge >= 0.3 is 35.6 Å². The van der Waals surface area contributed by atoms with E-state index in [1.165, 1.54) is 0 Å². The average molecular weight is 662 g/mol. The molecule has 226 valence electrons. The summed E-state index contributed by atoms with van der Waals surface area (Å²) in [4.78, 5) is 25.9. The van der Waals surface area contributed by atoms with E-state index in [9.17, 15) is 0 Å². The molecule has 17 heteroatoms. The zero-order valence-electron chi connectivity index (χ0n) is 25.0. The SMILES string of the molecule is CO.COc1nc2c(N)nc(C)nc2n1C1CCCCO1.C[O-].Cc1nc(N)c2nc(Br)n(C3CCCCO3)c2n1.[Na+]. The van der Waals surface area contributed by atoms with Crippen molar-refractivity contribution in [2.75, 3.05) is 46.0 Å². The molecule has 0 amide bonds. The molecule has 0 saturated carbocycles. The Labute approximate surface area is 274 Å². The van der Waals surface area contributed by atoms with Gasteiger partial charge in [-0.3, -0.25) is 9.13 Å². The van der Waals surface area contributed by atoms with E-state index in [1.54, 1.807) is 14.0 Å². The third-order valence-electron chi connectivity index (χ3n) is 6.35. The Balaban J connectivity index is 0.000000257. The van der Waals surface area contributed by atoms with Crippen molar-refractivity contribution in [3.8, 4) is 6.01 Å². The number of nitrogens with two attached hydrogens (primary N) is 2. The first-order chi connectivity index (χ1) is 19.9. The molecule has 2 unspecified atom stereocenters. The second kappa shape index (κ2) is 17.2. The minimum atomic E-state index is -0.0950. The molecule has 6 rings (SSSR count). The number of ether oxygens (including phenoxy) is 3. The number of nitrogen functional groups attached to an aromatic ring is 2. The van der Waals surface area contributed by atoms with E-state index >= 15 is 0 Å². The first kappa shape index (κ1) is 36.0. The van der Waals surface area contributed by atoms with Gasteiger partial charge in [-0.25, -0.2) is 24.9 Å². The van der Waals surface area contributed by atoms with Gasteiger partial charge in [0.2, 0.25) is 0 Å². The van der Waals surface area contributed by atoms with Gasteiger partial charge in [0.1, 0.15) is 24.1 Å². The first-order valence-corrected chi connectivity index (χ1v) is 14.0. The number of fused-ring (bicyclic) bond motifs is 2. The van der Waals surface area contributed by atoms with Crippen molar-refractivity contribution in [1.29, 1.82) is 0 Å². The van der Waals surface area contributed by atoms with Gasteiger partial charge in [0.15, 0.2) is 38.7 Å². The summed E-state index contributed by atoms with van der Waals surface area (Å²) < 4.78 is 21.4. The van der Waals surface area contributed by atoms with Gasteiger partial charge in [-0.2, -0.15) is 12.1 Å². The summed E-state index contributed by atoms with van der Waals surface area (Å²) in [6.45, 7) is 5.15. The number of aromatic nitrogens is 8. The van der Waals surface area contributed by atoms with Crippen LogP contribution < -0.4 is 50.9 Å². The molecule has 4 aromatic rings. The Morgan fingerprint density at radius 3 is 1.69 bits per heavy atom. The zero-order valence-corrected chi connectivity index (χ0v) is 28.6. The quantitative estimate of drug-likeness (QED) is 0.182. The van der Waals surface area contributed by atoms with Gasteiger partial charge in [-0.15, -0.1) is 0 Å². The number of imidazole rings is 2. The van der Waals surface area contributed by atoms with Crippen LogP contribution in [-0.2, 0) is 9.47 Å². The molecule has 15 nitrogen and oxygen atoms in total. The zero-order chi connectivity index (χ0) is 30.1. The van der Waals surface area contributed by atoms with Crippen LogP contribution >= 0.6 is 15.9 Å². The molecule has 2 atom stereocenters. The summed E-state index contributed by atoms with van der Waals surface area (Å²) in [6, 6.07) is 0.466. The van der Waals surface area contributed by atoms with Crippen LogP contribution in [-0.4, -0.2) is 78.7 Å². The first-order valence-electron chi connectivity index (χ1n) is 13.2. The second-order valence-corrected chi connectivity index (χ2v) is 9.73. The van der Waals surface area contributed by atoms with Crippen LogP contribution in [0.3, 0.4) is 0 Å². The molecule has 5 N–H and O–H groups in total. The van der Waals surface area contributed by atoms with E-state index in [2.05, 4.69) is 45.8 Å². The Bertz CT molecular complexity index is 1420. The number of anilines is 2. The number of rotatable bonds is 3. The van der Waals surface area contributed by atoms with Gasteiger partial charge in [0.25, 0.3) is 0 Å². The van der Waals surface area contributed by atoms with Gasteiger partial charge in [0.05, 0.1) is 7.11 Å². The summed E-state index contributed by atoms with van der Waals surface area (Å²) in [7, 11) is 3.33. The van der Waals surface area contributed by atoms with Crippen LogP contribution in [0.1, 0.15) is 62.6 Å². The fraction of sp³-hybridized carbons (Fsp3) is 0.600. The van der Waals surface area contributed by atoms with Crippen molar-refractivity contribution in [3.05, 3.63) is 16.4 Å². The maximum Gasteiger partial charge on any atom is 1.00 e. The van der Waals surface area contributed by atoms with Crippen LogP contribution in [0, 0.1) is 13.8 Å². The summed E-state index contributed by atoms with van der Waals surface area (Å²) in [6.07, 6.45) is 6.23. The fourth-order valence-corrected chi connectivity index (χ4v) is 5.26. The van der Waals surface area contributed by atoms with Crippen LogP contribution in [0.15, 0.2) is 4.73 Å². The van der Waals surface area contributed by atoms with Crippen molar-refractivity contribution >= 4 is 49.9 Å². The van der Waals surface area contributed by atoms with Crippen LogP contribution in [0.25, 0.3) is 22.3 Å². The number of hydrogen-bond donors (Lipinski definition) is 3. The van der Waals surface area contributed by atoms with Gasteiger partial charge < -0.3 is 35.9 Å². The average Bonchev–Trinajstić information content (AvgIpc) is 3.54. The third kappa shape index (κ3) is 8.05. The number of nitrogens with zero attached hydrogens (tertiary/aromatic N) is 8. The third-order valence-corrected chi connectivity index (χ3v) is 6.91. The predicted molar refractivity (Wildman–Crippen MR) is 155 cm³/mol. The van der Waals surface area contributed by atoms with Crippen molar-refractivity contribution < 1.29 is 54.0 Å². The van der Waals surface area contributed by atoms with Gasteiger partial charge in [0, 0.05) is 20.3 Å². The molecule has 0 aromatic carbocycles. The molecule has 0 spiro atoms. The Kier molecular flexibility index (Phi) is 14.7. The molecule has 0 bridgehead atoms. The standard InChI is InChI=1S/C12H17N5O2.C11H14BrN5O.CH4O.CH3O.Na/c1-7-14-10(13)9-11(15-7)17(12(16-9)18-2)8-5-3-4-6-19-8;1-6-14-9(13)8-10(15-6)17(11(12)16-8)7-4-2-3-5-18-7;2*1-2;/h8H,3-6H2,1-2H3,(H2,13,14,15);7H,2-5H2,1H3,(H2,13,14,15);2H,1H3;1H3;/q;;;-1;+1. The molecule has 2 aliphatic rings. The van der Waals surface area contributed by atoms with Crippen molar-refractivity contribution in [2.45, 2.75) is 64.8 Å². The fourth-order valence-electron chi connectivity index (χ4n) is 4.68. The summed E-state index contributed by atoms with van der Waals surface area (Å²) >= 11 is 3.45. The molecular weight excluding hydrogens is 623 g/mol. The van der Waals surface area contributed by atoms with E-state index < -0.39 is 0 Å². The number of aliphatic hydroxyl groups excluding tert-OH is 1. The number of hydrogen-bond acceptors (Lipinski definition) is 13. The molecule has 42 heavy (non-hydrogen) atoms. The minimum absolute atomic E-state index is 0. The molecule has 6 heterocycles. The molecule has 0 aliphatic carbocycles. The Hall–Kier alpha value is -2.18. The second-order valence-electron chi connectivity index (χ2n) is 9.02. The van der Waals surface area contributed by atoms with Crippen molar-refractivity contribution in [2.24, 2.45) is 0 Å². The van der Waals surface area contributed by atoms with Crippen molar-refractivity contribution in [1.82, 2.24) is 39.0 Å². The summed E-state index contributed by atoms with van der Waals surface area (Å²) in [5, 5.41) is 15.2. The largest absolute Gasteiger partial charge is 1.00 e. The Morgan fingerprint density at radius 1 is 0.786 bits per heavy atom. The molecule has 0 radical (unpaired) electrons. The van der Waals surface area contributed by atoms with Crippen LogP contribution in [0.5, 0.6) is 6.01 Å². The monoisotopic (exact) mass is 660 g/mol. The topological polar surface area (TPSA) is 210 Å². The van der Waals surface area contributed by atoms with Gasteiger partial charge in [-0.05, 0) is 68.3 Å². The maximum atomic E-state index is 8.25. The molecular formula is C25H38BrN10NaO5. The minimum Gasteiger partial charge on any atom is -0.857 e. The normalized spacial score (nSPS) is 18.0. The van der Waals surface area contributed by atoms with E-state index in [-0.39, 0.29) is 42.0 Å². The van der Waals surface area contributed by atoms with E-state index in [4.69, 9.17) is 35.9 Å². The number of methoxy groups -OCH3 is 1. The molecule has 2 saturated heterocycles. The van der Waals surface area contributed by atoms with E-state index in [0.717, 1.165) is 71.6 Å². The molecule has 2 fully saturated rings. The summed E-state index contributed by atoms with van der Waals surface area (Å²) in [5.74, 6) is 2.04. The van der Waals surface area contributed by atoms with E-state index in [1.807, 2.05) is 16.1 Å². The Morgan fingerprint density at radius 2 is 1.24 bits per heavy atom. The molecule has 4 aromatic heterocycles. The number of aryl methyl sites for hydroxylation is 2. The van der Waals surface area contributed by atoms with Crippen molar-refractivity contribution in [3.63, 3.8) is 0 Å². The summed E-state index contributed by atoms with van der Waals surface area (Å²) in [5.41, 5.74) is 14.4. The van der Waals surface area contributed by atoms with E-state index in [0.29, 0.717) is 50.7 Å². The predicted octanol–water partition coefficient (Wildman–Crippen LogP) is -0.808. The number of aliphatic hydroxyl groups is 1. The van der Waals surface area contributed by atoms with Crippen LogP contribution in [0.4, 0.5) is 11.6 Å². The molecule has 2 aliphatic heterocycles. The number of halogens is 1. The smallest absolute Gasteiger partial charge is 0.857 e. The maximum absolute atomic E-state index is 8.25.